The smallest absolute Gasteiger partial charge is 0.119 e. The summed E-state index contributed by atoms with van der Waals surface area (Å²) in [5.74, 6) is 0. The zero-order valence-corrected chi connectivity index (χ0v) is 12.9. The molecular formula is C16H24OSi. The van der Waals surface area contributed by atoms with Crippen molar-refractivity contribution in [2.75, 3.05) is 0 Å². The molecule has 98 valence electrons. The molecule has 0 aromatic heterocycles. The van der Waals surface area contributed by atoms with E-state index >= 15 is 0 Å². The van der Waals surface area contributed by atoms with Crippen molar-refractivity contribution in [2.24, 2.45) is 0 Å². The first-order valence-corrected chi connectivity index (χ1v) is 8.89. The second kappa shape index (κ2) is 6.14. The molecule has 0 saturated heterocycles. The molecule has 0 saturated carbocycles. The summed E-state index contributed by atoms with van der Waals surface area (Å²) in [6.07, 6.45) is 3.87. The van der Waals surface area contributed by atoms with E-state index in [0.717, 1.165) is 12.3 Å². The predicted octanol–water partition coefficient (Wildman–Crippen LogP) is 3.85. The van der Waals surface area contributed by atoms with Crippen LogP contribution in [0.4, 0.5) is 0 Å². The highest BCUT2D eigenvalue weighted by atomic mass is 28.3. The average molecular weight is 260 g/mol. The van der Waals surface area contributed by atoms with Gasteiger partial charge in [-0.3, -0.25) is 0 Å². The maximum atomic E-state index is 10.8. The summed E-state index contributed by atoms with van der Waals surface area (Å²) in [6.45, 7) is 8.99. The summed E-state index contributed by atoms with van der Waals surface area (Å²) in [6, 6.07) is 11.7. The standard InChI is InChI=1S/C16H24OSi/c1-5-13-18(14-9-12-17,16(2,3)4)15-10-7-6-8-11-15/h5-8,10-13H,9,14H2,1-4H3/b13-5+. The first kappa shape index (κ1) is 14.9. The SMILES string of the molecule is C/C=C/[Si](CCC=O)(c1ccccc1)C(C)(C)C. The molecule has 1 nitrogen and oxygen atoms in total. The number of carbonyl (C=O) groups is 1. The van der Waals surface area contributed by atoms with Gasteiger partial charge in [0.1, 0.15) is 14.4 Å². The summed E-state index contributed by atoms with van der Waals surface area (Å²) in [7, 11) is -1.81. The minimum absolute atomic E-state index is 0.212. The van der Waals surface area contributed by atoms with Gasteiger partial charge in [0.05, 0.1) is 0 Å². The molecule has 1 atom stereocenters. The molecule has 0 fully saturated rings. The minimum Gasteiger partial charge on any atom is -0.303 e. The Kier molecular flexibility index (Phi) is 5.09. The van der Waals surface area contributed by atoms with E-state index in [1.807, 2.05) is 0 Å². The predicted molar refractivity (Wildman–Crippen MR) is 81.8 cm³/mol. The number of allylic oxidation sites excluding steroid dienone is 1. The van der Waals surface area contributed by atoms with Crippen molar-refractivity contribution in [3.05, 3.63) is 42.1 Å². The first-order chi connectivity index (χ1) is 8.48. The number of carbonyl (C=O) groups excluding carboxylic acids is 1. The van der Waals surface area contributed by atoms with E-state index in [1.165, 1.54) is 5.19 Å². The van der Waals surface area contributed by atoms with Crippen LogP contribution in [0, 0.1) is 0 Å². The van der Waals surface area contributed by atoms with Gasteiger partial charge in [-0.05, 0) is 18.0 Å². The van der Waals surface area contributed by atoms with E-state index in [9.17, 15) is 4.79 Å². The van der Waals surface area contributed by atoms with Crippen LogP contribution in [-0.2, 0) is 4.79 Å². The first-order valence-electron chi connectivity index (χ1n) is 6.61. The van der Waals surface area contributed by atoms with Crippen LogP contribution in [0.5, 0.6) is 0 Å². The van der Waals surface area contributed by atoms with Crippen LogP contribution < -0.4 is 5.19 Å². The second-order valence-electron chi connectivity index (χ2n) is 5.79. The van der Waals surface area contributed by atoms with Gasteiger partial charge in [-0.25, -0.2) is 0 Å². The molecule has 0 aliphatic carbocycles. The highest BCUT2D eigenvalue weighted by Gasteiger charge is 2.42. The van der Waals surface area contributed by atoms with Crippen LogP contribution in [0.2, 0.25) is 11.1 Å². The van der Waals surface area contributed by atoms with Crippen molar-refractivity contribution in [1.82, 2.24) is 0 Å². The molecule has 1 unspecified atom stereocenters. The number of hydrogen-bond donors (Lipinski definition) is 0. The van der Waals surface area contributed by atoms with E-state index in [2.05, 4.69) is 69.8 Å². The molecule has 18 heavy (non-hydrogen) atoms. The van der Waals surface area contributed by atoms with Crippen molar-refractivity contribution in [1.29, 1.82) is 0 Å². The van der Waals surface area contributed by atoms with E-state index in [4.69, 9.17) is 0 Å². The summed E-state index contributed by atoms with van der Waals surface area (Å²) in [5, 5.41) is 1.64. The molecular weight excluding hydrogens is 236 g/mol. The molecule has 0 radical (unpaired) electrons. The van der Waals surface area contributed by atoms with Crippen LogP contribution in [-0.4, -0.2) is 14.4 Å². The number of aldehydes is 1. The Morgan fingerprint density at radius 1 is 1.17 bits per heavy atom. The van der Waals surface area contributed by atoms with Gasteiger partial charge in [0.25, 0.3) is 0 Å². The Balaban J connectivity index is 3.33. The lowest BCUT2D eigenvalue weighted by atomic mass is 10.2. The summed E-state index contributed by atoms with van der Waals surface area (Å²) in [4.78, 5) is 10.8. The van der Waals surface area contributed by atoms with Crippen molar-refractivity contribution >= 4 is 19.5 Å². The Hall–Kier alpha value is -1.15. The monoisotopic (exact) mass is 260 g/mol. The maximum absolute atomic E-state index is 10.8. The average Bonchev–Trinajstić information content (AvgIpc) is 2.34. The highest BCUT2D eigenvalue weighted by Crippen LogP contribution is 2.40. The molecule has 0 amide bonds. The molecule has 0 spiro atoms. The fourth-order valence-electron chi connectivity index (χ4n) is 2.69. The highest BCUT2D eigenvalue weighted by molar-refractivity contribution is 6.98. The Morgan fingerprint density at radius 3 is 2.22 bits per heavy atom. The van der Waals surface area contributed by atoms with Gasteiger partial charge in [0.15, 0.2) is 0 Å². The van der Waals surface area contributed by atoms with Crippen LogP contribution in [0.25, 0.3) is 0 Å². The van der Waals surface area contributed by atoms with Gasteiger partial charge >= 0.3 is 0 Å². The lowest BCUT2D eigenvalue weighted by molar-refractivity contribution is -0.107. The molecule has 2 heteroatoms. The molecule has 0 aliphatic heterocycles. The molecule has 0 aliphatic rings. The van der Waals surface area contributed by atoms with Crippen LogP contribution in [0.3, 0.4) is 0 Å². The molecule has 1 aromatic carbocycles. The van der Waals surface area contributed by atoms with E-state index < -0.39 is 8.07 Å². The third-order valence-electron chi connectivity index (χ3n) is 3.73. The van der Waals surface area contributed by atoms with Gasteiger partial charge in [-0.2, -0.15) is 0 Å². The van der Waals surface area contributed by atoms with Crippen LogP contribution in [0.15, 0.2) is 42.1 Å². The lowest BCUT2D eigenvalue weighted by Gasteiger charge is -2.41. The minimum atomic E-state index is -1.81. The van der Waals surface area contributed by atoms with Gasteiger partial charge in [-0.15, -0.1) is 0 Å². The molecule has 0 heterocycles. The Morgan fingerprint density at radius 2 is 1.78 bits per heavy atom. The van der Waals surface area contributed by atoms with Gasteiger partial charge in [0.2, 0.25) is 0 Å². The van der Waals surface area contributed by atoms with E-state index in [0.29, 0.717) is 6.42 Å². The topological polar surface area (TPSA) is 17.1 Å². The van der Waals surface area contributed by atoms with Crippen molar-refractivity contribution in [2.45, 2.75) is 45.2 Å². The summed E-state index contributed by atoms with van der Waals surface area (Å²) >= 11 is 0. The largest absolute Gasteiger partial charge is 0.303 e. The van der Waals surface area contributed by atoms with Crippen LogP contribution >= 0.6 is 0 Å². The van der Waals surface area contributed by atoms with Gasteiger partial charge < -0.3 is 4.79 Å². The molecule has 0 N–H and O–H groups in total. The quantitative estimate of drug-likeness (QED) is 0.580. The van der Waals surface area contributed by atoms with Gasteiger partial charge in [-0.1, -0.05) is 68.1 Å². The third kappa shape index (κ3) is 2.99. The Labute approximate surface area is 112 Å². The summed E-state index contributed by atoms with van der Waals surface area (Å²) in [5.41, 5.74) is 2.39. The molecule has 1 rings (SSSR count). The number of rotatable bonds is 5. The van der Waals surface area contributed by atoms with Crippen molar-refractivity contribution in [3.8, 4) is 0 Å². The summed E-state index contributed by atoms with van der Waals surface area (Å²) < 4.78 is 0. The zero-order valence-electron chi connectivity index (χ0n) is 11.9. The fraction of sp³-hybridized carbons (Fsp3) is 0.438. The Bertz CT molecular complexity index is 403. The zero-order chi connectivity index (χ0) is 13.6. The van der Waals surface area contributed by atoms with Gasteiger partial charge in [0, 0.05) is 6.42 Å². The fourth-order valence-corrected chi connectivity index (χ4v) is 7.38. The third-order valence-corrected chi connectivity index (χ3v) is 9.75. The lowest BCUT2D eigenvalue weighted by Crippen LogP contribution is -2.53. The van der Waals surface area contributed by atoms with Crippen LogP contribution in [0.1, 0.15) is 34.1 Å². The molecule has 1 aromatic rings. The number of hydrogen-bond acceptors (Lipinski definition) is 1. The maximum Gasteiger partial charge on any atom is 0.119 e. The van der Waals surface area contributed by atoms with E-state index in [1.54, 1.807) is 0 Å². The van der Waals surface area contributed by atoms with E-state index in [-0.39, 0.29) is 5.04 Å². The second-order valence-corrected chi connectivity index (χ2v) is 10.6. The molecule has 0 bridgehead atoms. The van der Waals surface area contributed by atoms with Crippen molar-refractivity contribution in [3.63, 3.8) is 0 Å². The van der Waals surface area contributed by atoms with Crippen molar-refractivity contribution < 1.29 is 4.79 Å². The normalized spacial score (nSPS) is 15.6. The number of benzene rings is 1.